The quantitative estimate of drug-likeness (QED) is 0.790. The van der Waals surface area contributed by atoms with E-state index in [1.165, 1.54) is 6.92 Å². The first-order chi connectivity index (χ1) is 12.7. The number of benzene rings is 1. The summed E-state index contributed by atoms with van der Waals surface area (Å²) in [7, 11) is -1.13. The third-order valence-electron chi connectivity index (χ3n) is 4.69. The summed E-state index contributed by atoms with van der Waals surface area (Å²) in [6, 6.07) is 9.92. The Morgan fingerprint density at radius 3 is 2.37 bits per heavy atom. The smallest absolute Gasteiger partial charge is 0.274 e. The number of hydrogen-bond acceptors (Lipinski definition) is 6. The molecule has 1 fully saturated rings. The highest BCUT2D eigenvalue weighted by Crippen LogP contribution is 2.22. The largest absolute Gasteiger partial charge is 0.369 e. The highest BCUT2D eigenvalue weighted by molar-refractivity contribution is 7.91. The molecule has 0 aliphatic carbocycles. The van der Waals surface area contributed by atoms with Crippen molar-refractivity contribution >= 4 is 32.9 Å². The molecule has 8 heteroatoms. The summed E-state index contributed by atoms with van der Waals surface area (Å²) in [5.41, 5.74) is 2.16. The van der Waals surface area contributed by atoms with Crippen molar-refractivity contribution in [2.45, 2.75) is 19.4 Å². The van der Waals surface area contributed by atoms with Gasteiger partial charge >= 0.3 is 0 Å². The maximum Gasteiger partial charge on any atom is 0.274 e. The van der Waals surface area contributed by atoms with Crippen LogP contribution >= 0.6 is 0 Å². The number of carbonyl (C=O) groups excluding carboxylic acids is 2. The number of aromatic nitrogens is 1. The van der Waals surface area contributed by atoms with E-state index in [9.17, 15) is 18.0 Å². The average Bonchev–Trinajstić information content (AvgIpc) is 3.01. The van der Waals surface area contributed by atoms with Gasteiger partial charge in [0.1, 0.15) is 5.69 Å². The molecule has 0 bridgehead atoms. The van der Waals surface area contributed by atoms with Crippen molar-refractivity contribution in [1.29, 1.82) is 0 Å². The van der Waals surface area contributed by atoms with Gasteiger partial charge in [0.25, 0.3) is 5.91 Å². The molecule has 142 valence electrons. The first kappa shape index (κ1) is 19.0. The molecular formula is C19H21N3O4S. The average molecular weight is 387 g/mol. The van der Waals surface area contributed by atoms with Gasteiger partial charge < -0.3 is 10.2 Å². The molecule has 1 unspecified atom stereocenters. The Balaban J connectivity index is 1.65. The molecule has 27 heavy (non-hydrogen) atoms. The minimum atomic E-state index is -2.96. The lowest BCUT2D eigenvalue weighted by Gasteiger charge is -2.25. The van der Waals surface area contributed by atoms with Gasteiger partial charge in [-0.15, -0.1) is 0 Å². The molecule has 1 atom stereocenters. The van der Waals surface area contributed by atoms with Crippen LogP contribution in [-0.4, -0.2) is 49.7 Å². The van der Waals surface area contributed by atoms with Crippen LogP contribution in [0.1, 0.15) is 34.2 Å². The van der Waals surface area contributed by atoms with Crippen LogP contribution in [-0.2, 0) is 9.84 Å². The number of ketones is 1. The van der Waals surface area contributed by atoms with Gasteiger partial charge in [-0.2, -0.15) is 0 Å². The molecule has 1 amide bonds. The molecule has 3 rings (SSSR count). The Hall–Kier alpha value is -2.74. The number of anilines is 2. The normalized spacial score (nSPS) is 18.1. The number of hydrogen-bond donors (Lipinski definition) is 1. The maximum absolute atomic E-state index is 12.3. The monoisotopic (exact) mass is 387 g/mol. The summed E-state index contributed by atoms with van der Waals surface area (Å²) in [4.78, 5) is 29.7. The topological polar surface area (TPSA) is 96.4 Å². The van der Waals surface area contributed by atoms with Crippen molar-refractivity contribution in [2.24, 2.45) is 0 Å². The molecule has 0 saturated carbocycles. The number of sulfone groups is 1. The first-order valence-electron chi connectivity index (χ1n) is 8.57. The van der Waals surface area contributed by atoms with Gasteiger partial charge in [0.15, 0.2) is 15.6 Å². The van der Waals surface area contributed by atoms with Gasteiger partial charge in [-0.25, -0.2) is 13.4 Å². The number of carbonyl (C=O) groups is 2. The number of rotatable bonds is 5. The summed E-state index contributed by atoms with van der Waals surface area (Å²) in [6.45, 7) is 1.48. The molecule has 1 aliphatic rings. The van der Waals surface area contributed by atoms with E-state index in [0.717, 1.165) is 5.69 Å². The van der Waals surface area contributed by atoms with E-state index in [1.807, 2.05) is 11.9 Å². The van der Waals surface area contributed by atoms with Crippen LogP contribution in [0.2, 0.25) is 0 Å². The minimum Gasteiger partial charge on any atom is -0.369 e. The molecule has 1 saturated heterocycles. The predicted molar refractivity (Wildman–Crippen MR) is 104 cm³/mol. The van der Waals surface area contributed by atoms with Crippen molar-refractivity contribution in [2.75, 3.05) is 28.8 Å². The Bertz CT molecular complexity index is 953. The summed E-state index contributed by atoms with van der Waals surface area (Å²) in [6.07, 6.45) is 2.16. The second-order valence-corrected chi connectivity index (χ2v) is 8.89. The zero-order valence-corrected chi connectivity index (χ0v) is 16.0. The fourth-order valence-electron chi connectivity index (χ4n) is 3.00. The third-order valence-corrected chi connectivity index (χ3v) is 6.44. The molecule has 1 aromatic carbocycles. The fraction of sp³-hybridized carbons (Fsp3) is 0.316. The van der Waals surface area contributed by atoms with Crippen LogP contribution in [0.15, 0.2) is 42.6 Å². The van der Waals surface area contributed by atoms with Crippen LogP contribution in [0.4, 0.5) is 11.4 Å². The van der Waals surface area contributed by atoms with E-state index in [1.54, 1.807) is 42.6 Å². The minimum absolute atomic E-state index is 0.0377. The number of nitrogens with one attached hydrogen (secondary N) is 1. The Morgan fingerprint density at radius 2 is 1.85 bits per heavy atom. The molecule has 0 spiro atoms. The highest BCUT2D eigenvalue weighted by atomic mass is 32.2. The van der Waals surface area contributed by atoms with Crippen molar-refractivity contribution in [3.05, 3.63) is 53.9 Å². The van der Waals surface area contributed by atoms with Crippen LogP contribution in [0.3, 0.4) is 0 Å². The van der Waals surface area contributed by atoms with E-state index in [0.29, 0.717) is 17.7 Å². The SMILES string of the molecule is CC(=O)c1ccc(NC(=O)c2ccc(N(C)C3CCS(=O)(=O)C3)cn2)cc1. The number of amides is 1. The van der Waals surface area contributed by atoms with Gasteiger partial charge in [-0.05, 0) is 49.7 Å². The van der Waals surface area contributed by atoms with Crippen LogP contribution < -0.4 is 10.2 Å². The van der Waals surface area contributed by atoms with Crippen molar-refractivity contribution < 1.29 is 18.0 Å². The van der Waals surface area contributed by atoms with Gasteiger partial charge in [0.05, 0.1) is 23.4 Å². The van der Waals surface area contributed by atoms with Crippen LogP contribution in [0.5, 0.6) is 0 Å². The summed E-state index contributed by atoms with van der Waals surface area (Å²) >= 11 is 0. The fourth-order valence-corrected chi connectivity index (χ4v) is 4.78. The van der Waals surface area contributed by atoms with E-state index >= 15 is 0 Å². The lowest BCUT2D eigenvalue weighted by atomic mass is 10.1. The summed E-state index contributed by atoms with van der Waals surface area (Å²) < 4.78 is 23.3. The summed E-state index contributed by atoms with van der Waals surface area (Å²) in [5.74, 6) is -0.0482. The molecule has 2 heterocycles. The van der Waals surface area contributed by atoms with E-state index < -0.39 is 9.84 Å². The number of Topliss-reactive ketones (excluding diaryl/α,β-unsaturated/α-hetero) is 1. The van der Waals surface area contributed by atoms with Crippen LogP contribution in [0, 0.1) is 0 Å². The van der Waals surface area contributed by atoms with Gasteiger partial charge in [-0.1, -0.05) is 0 Å². The molecule has 1 aliphatic heterocycles. The van der Waals surface area contributed by atoms with Crippen molar-refractivity contribution in [1.82, 2.24) is 4.98 Å². The van der Waals surface area contributed by atoms with Gasteiger partial charge in [0.2, 0.25) is 0 Å². The van der Waals surface area contributed by atoms with E-state index in [-0.39, 0.29) is 34.9 Å². The highest BCUT2D eigenvalue weighted by Gasteiger charge is 2.30. The van der Waals surface area contributed by atoms with Crippen LogP contribution in [0.25, 0.3) is 0 Å². The predicted octanol–water partition coefficient (Wildman–Crippen LogP) is 2.16. The number of pyridine rings is 1. The summed E-state index contributed by atoms with van der Waals surface area (Å²) in [5, 5.41) is 2.73. The van der Waals surface area contributed by atoms with Gasteiger partial charge in [0, 0.05) is 24.3 Å². The second kappa shape index (κ2) is 7.48. The zero-order chi connectivity index (χ0) is 19.6. The molecule has 7 nitrogen and oxygen atoms in total. The van der Waals surface area contributed by atoms with E-state index in [2.05, 4.69) is 10.3 Å². The Kier molecular flexibility index (Phi) is 5.27. The van der Waals surface area contributed by atoms with Crippen molar-refractivity contribution in [3.8, 4) is 0 Å². The molecule has 2 aromatic rings. The lowest BCUT2D eigenvalue weighted by Crippen LogP contribution is -2.32. The molecular weight excluding hydrogens is 366 g/mol. The van der Waals surface area contributed by atoms with Crippen molar-refractivity contribution in [3.63, 3.8) is 0 Å². The third kappa shape index (κ3) is 4.51. The zero-order valence-electron chi connectivity index (χ0n) is 15.2. The standard InChI is InChI=1S/C19H21N3O4S/c1-13(23)14-3-5-15(6-4-14)21-19(24)18-8-7-16(11-20-18)22(2)17-9-10-27(25,26)12-17/h3-8,11,17H,9-10,12H2,1-2H3,(H,21,24). The Morgan fingerprint density at radius 1 is 1.15 bits per heavy atom. The molecule has 1 N–H and O–H groups in total. The molecule has 0 radical (unpaired) electrons. The first-order valence-corrected chi connectivity index (χ1v) is 10.4. The maximum atomic E-state index is 12.3. The van der Waals surface area contributed by atoms with Gasteiger partial charge in [-0.3, -0.25) is 9.59 Å². The lowest BCUT2D eigenvalue weighted by molar-refractivity contribution is 0.101. The second-order valence-electron chi connectivity index (χ2n) is 6.66. The Labute approximate surface area is 158 Å². The van der Waals surface area contributed by atoms with E-state index in [4.69, 9.17) is 0 Å². The number of nitrogens with zero attached hydrogens (tertiary/aromatic N) is 2. The molecule has 1 aromatic heterocycles.